The van der Waals surface area contributed by atoms with Crippen molar-refractivity contribution in [2.24, 2.45) is 0 Å². The van der Waals surface area contributed by atoms with Crippen molar-refractivity contribution in [1.82, 2.24) is 14.7 Å². The molecule has 190 valence electrons. The molecule has 1 fully saturated rings. The summed E-state index contributed by atoms with van der Waals surface area (Å²) in [5.74, 6) is -0.733. The predicted octanol–water partition coefficient (Wildman–Crippen LogP) is 5.51. The lowest BCUT2D eigenvalue weighted by atomic mass is 9.91. The van der Waals surface area contributed by atoms with Gasteiger partial charge < -0.3 is 9.64 Å². The third-order valence-corrected chi connectivity index (χ3v) is 6.75. The number of rotatable bonds is 4. The number of aryl methyl sites for hydroxylation is 1. The Morgan fingerprint density at radius 3 is 2.54 bits per heavy atom. The van der Waals surface area contributed by atoms with Gasteiger partial charge in [-0.05, 0) is 76.6 Å². The van der Waals surface area contributed by atoms with E-state index in [0.29, 0.717) is 29.5 Å². The Morgan fingerprint density at radius 1 is 1.11 bits per heavy atom. The first-order valence-corrected chi connectivity index (χ1v) is 12.6. The summed E-state index contributed by atoms with van der Waals surface area (Å²) in [6.45, 7) is 5.42. The molecule has 5 rings (SSSR count). The van der Waals surface area contributed by atoms with Gasteiger partial charge >= 0.3 is 6.09 Å². The Balaban J connectivity index is 1.37. The minimum atomic E-state index is -0.622. The number of nitriles is 1. The third-order valence-electron chi connectivity index (χ3n) is 6.75. The van der Waals surface area contributed by atoms with Gasteiger partial charge in [-0.25, -0.2) is 9.18 Å². The summed E-state index contributed by atoms with van der Waals surface area (Å²) in [5, 5.41) is 13.8. The molecule has 0 bridgehead atoms. The van der Waals surface area contributed by atoms with Crippen LogP contribution in [0.25, 0.3) is 11.1 Å². The largest absolute Gasteiger partial charge is 0.442 e. The van der Waals surface area contributed by atoms with Crippen LogP contribution in [0.2, 0.25) is 0 Å². The van der Waals surface area contributed by atoms with E-state index in [0.717, 1.165) is 30.5 Å². The fraction of sp³-hybridized carbons (Fsp3) is 0.379. The maximum absolute atomic E-state index is 15.2. The van der Waals surface area contributed by atoms with Crippen LogP contribution in [-0.4, -0.2) is 44.4 Å². The third kappa shape index (κ3) is 5.12. The molecule has 0 radical (unpaired) electrons. The molecule has 0 N–H and O–H groups in total. The van der Waals surface area contributed by atoms with Crippen molar-refractivity contribution >= 4 is 12.0 Å². The van der Waals surface area contributed by atoms with E-state index < -0.39 is 17.5 Å². The zero-order valence-electron chi connectivity index (χ0n) is 21.2. The van der Waals surface area contributed by atoms with Crippen molar-refractivity contribution in [2.45, 2.75) is 70.6 Å². The molecule has 1 heterocycles. The van der Waals surface area contributed by atoms with E-state index in [-0.39, 0.29) is 23.6 Å². The van der Waals surface area contributed by atoms with Gasteiger partial charge in [-0.1, -0.05) is 24.3 Å². The Labute approximate surface area is 215 Å². The Morgan fingerprint density at radius 2 is 1.86 bits per heavy atom. The number of aromatic nitrogens is 2. The van der Waals surface area contributed by atoms with Crippen molar-refractivity contribution in [3.05, 3.63) is 76.9 Å². The fourth-order valence-electron chi connectivity index (χ4n) is 4.94. The number of hydrogen-bond donors (Lipinski definition) is 0. The summed E-state index contributed by atoms with van der Waals surface area (Å²) in [5.41, 5.74) is 2.61. The molecule has 2 aromatic carbocycles. The van der Waals surface area contributed by atoms with E-state index >= 15 is 4.39 Å². The van der Waals surface area contributed by atoms with Crippen molar-refractivity contribution in [1.29, 1.82) is 5.26 Å². The predicted molar refractivity (Wildman–Crippen MR) is 135 cm³/mol. The average molecular weight is 501 g/mol. The lowest BCUT2D eigenvalue weighted by molar-refractivity contribution is 0.0513. The molecule has 1 saturated carbocycles. The Hall–Kier alpha value is -3.99. The quantitative estimate of drug-likeness (QED) is 0.472. The number of carbonyl (C=O) groups is 2. The van der Waals surface area contributed by atoms with Crippen molar-refractivity contribution in [3.8, 4) is 17.2 Å². The van der Waals surface area contributed by atoms with Crippen molar-refractivity contribution in [3.63, 3.8) is 0 Å². The van der Waals surface area contributed by atoms with Gasteiger partial charge in [0.2, 0.25) is 0 Å². The number of halogens is 1. The van der Waals surface area contributed by atoms with Gasteiger partial charge in [-0.2, -0.15) is 15.0 Å². The standard InChI is InChI=1S/C29H29FN4O3/c1-29(2,3)37-28(36)33-17-20-14-22(11-13-26(20)32-33)34(21-9-10-21)27(35)18-8-12-24(25(30)15-18)23-7-5-4-6-19(23)16-31/h4-8,12,15,17,21-22H,9-11,13-14H2,1-3H3. The van der Waals surface area contributed by atoms with Gasteiger partial charge in [0.05, 0.1) is 17.3 Å². The van der Waals surface area contributed by atoms with E-state index in [1.807, 2.05) is 4.90 Å². The number of hydrogen-bond acceptors (Lipinski definition) is 5. The van der Waals surface area contributed by atoms with Gasteiger partial charge in [-0.15, -0.1) is 0 Å². The second-order valence-electron chi connectivity index (χ2n) is 10.7. The van der Waals surface area contributed by atoms with E-state index in [2.05, 4.69) is 11.2 Å². The van der Waals surface area contributed by atoms with Crippen LogP contribution in [0, 0.1) is 17.1 Å². The zero-order valence-corrected chi connectivity index (χ0v) is 21.2. The molecule has 0 spiro atoms. The van der Waals surface area contributed by atoms with E-state index in [4.69, 9.17) is 4.74 Å². The lowest BCUT2D eigenvalue weighted by Gasteiger charge is -2.34. The highest BCUT2D eigenvalue weighted by atomic mass is 19.1. The van der Waals surface area contributed by atoms with Crippen LogP contribution < -0.4 is 0 Å². The van der Waals surface area contributed by atoms with Gasteiger partial charge in [0.15, 0.2) is 0 Å². The molecule has 2 aliphatic rings. The Bertz CT molecular complexity index is 1410. The first-order valence-electron chi connectivity index (χ1n) is 12.6. The van der Waals surface area contributed by atoms with Crippen molar-refractivity contribution in [2.75, 3.05) is 0 Å². The van der Waals surface area contributed by atoms with Crippen LogP contribution in [-0.2, 0) is 17.6 Å². The highest BCUT2D eigenvalue weighted by molar-refractivity contribution is 5.95. The maximum Gasteiger partial charge on any atom is 0.435 e. The number of ether oxygens (including phenoxy) is 1. The molecule has 1 amide bonds. The fourth-order valence-corrected chi connectivity index (χ4v) is 4.94. The Kier molecular flexibility index (Phi) is 6.32. The molecule has 0 aliphatic heterocycles. The molecular weight excluding hydrogens is 471 g/mol. The van der Waals surface area contributed by atoms with Gasteiger partial charge in [0, 0.05) is 35.0 Å². The normalized spacial score (nSPS) is 17.0. The summed E-state index contributed by atoms with van der Waals surface area (Å²) in [4.78, 5) is 28.0. The first kappa shape index (κ1) is 24.7. The zero-order chi connectivity index (χ0) is 26.3. The molecule has 2 aliphatic carbocycles. The van der Waals surface area contributed by atoms with E-state index in [1.165, 1.54) is 10.7 Å². The van der Waals surface area contributed by atoms with Gasteiger partial charge in [0.25, 0.3) is 5.91 Å². The lowest BCUT2D eigenvalue weighted by Crippen LogP contribution is -2.44. The maximum atomic E-state index is 15.2. The first-order chi connectivity index (χ1) is 17.6. The summed E-state index contributed by atoms with van der Waals surface area (Å²) < 4.78 is 21.9. The number of carbonyl (C=O) groups excluding carboxylic acids is 2. The summed E-state index contributed by atoms with van der Waals surface area (Å²) in [6, 6.07) is 13.5. The minimum absolute atomic E-state index is 0.0640. The van der Waals surface area contributed by atoms with Gasteiger partial charge in [0.1, 0.15) is 11.4 Å². The van der Waals surface area contributed by atoms with Crippen LogP contribution in [0.15, 0.2) is 48.7 Å². The van der Waals surface area contributed by atoms with Crippen LogP contribution in [0.3, 0.4) is 0 Å². The summed E-state index contributed by atoms with van der Waals surface area (Å²) >= 11 is 0. The monoisotopic (exact) mass is 500 g/mol. The van der Waals surface area contributed by atoms with Crippen molar-refractivity contribution < 1.29 is 18.7 Å². The van der Waals surface area contributed by atoms with E-state index in [9.17, 15) is 14.9 Å². The average Bonchev–Trinajstić information content (AvgIpc) is 3.59. The highest BCUT2D eigenvalue weighted by Gasteiger charge is 2.40. The molecule has 3 aromatic rings. The summed E-state index contributed by atoms with van der Waals surface area (Å²) in [7, 11) is 0. The topological polar surface area (TPSA) is 88.2 Å². The SMILES string of the molecule is CC(C)(C)OC(=O)n1cc2c(n1)CCC(N(C(=O)c1ccc(-c3ccccc3C#N)c(F)c1)C1CC1)C2. The number of benzene rings is 2. The highest BCUT2D eigenvalue weighted by Crippen LogP contribution is 2.35. The molecule has 7 nitrogen and oxygen atoms in total. The molecule has 37 heavy (non-hydrogen) atoms. The second-order valence-corrected chi connectivity index (χ2v) is 10.7. The minimum Gasteiger partial charge on any atom is -0.442 e. The summed E-state index contributed by atoms with van der Waals surface area (Å²) in [6.07, 6.45) is 4.96. The molecule has 1 atom stereocenters. The molecule has 0 saturated heterocycles. The van der Waals surface area contributed by atoms with Crippen LogP contribution in [0.4, 0.5) is 9.18 Å². The molecule has 1 aromatic heterocycles. The number of amides is 1. The molecule has 8 heteroatoms. The smallest absolute Gasteiger partial charge is 0.435 e. The molecule has 1 unspecified atom stereocenters. The van der Waals surface area contributed by atoms with Crippen LogP contribution in [0.1, 0.15) is 67.2 Å². The van der Waals surface area contributed by atoms with Crippen LogP contribution >= 0.6 is 0 Å². The number of fused-ring (bicyclic) bond motifs is 1. The molecular formula is C29H29FN4O3. The van der Waals surface area contributed by atoms with Crippen LogP contribution in [0.5, 0.6) is 0 Å². The van der Waals surface area contributed by atoms with E-state index in [1.54, 1.807) is 63.4 Å². The second kappa shape index (κ2) is 9.47. The number of nitrogens with zero attached hydrogens (tertiary/aromatic N) is 4. The van der Waals surface area contributed by atoms with Gasteiger partial charge in [-0.3, -0.25) is 4.79 Å².